The summed E-state index contributed by atoms with van der Waals surface area (Å²) in [6.45, 7) is 2.02. The minimum atomic E-state index is -3.80. The monoisotopic (exact) mass is 512 g/mol. The summed E-state index contributed by atoms with van der Waals surface area (Å²) in [5.41, 5.74) is 1.89. The quantitative estimate of drug-likeness (QED) is 0.443. The molecule has 0 amide bonds. The molecule has 1 saturated carbocycles. The molecule has 0 aliphatic heterocycles. The van der Waals surface area contributed by atoms with Crippen molar-refractivity contribution in [2.75, 3.05) is 6.61 Å². The van der Waals surface area contributed by atoms with Crippen LogP contribution in [0.4, 0.5) is 0 Å². The molecule has 182 valence electrons. The van der Waals surface area contributed by atoms with E-state index in [2.05, 4.69) is 17.1 Å². The van der Waals surface area contributed by atoms with E-state index < -0.39 is 16.0 Å². The fraction of sp³-hybridized carbons (Fsp3) is 0.292. The number of aromatic nitrogens is 3. The first-order chi connectivity index (χ1) is 16.8. The first kappa shape index (κ1) is 23.5. The summed E-state index contributed by atoms with van der Waals surface area (Å²) in [5.74, 6) is 0.878. The largest absolute Gasteiger partial charge is 0.461 e. The minimum Gasteiger partial charge on any atom is -0.461 e. The first-order valence-corrected chi connectivity index (χ1v) is 13.7. The van der Waals surface area contributed by atoms with E-state index in [4.69, 9.17) is 19.7 Å². The van der Waals surface area contributed by atoms with Crippen LogP contribution in [0.25, 0.3) is 5.13 Å². The van der Waals surface area contributed by atoms with Crippen LogP contribution in [0.5, 0.6) is 11.5 Å². The van der Waals surface area contributed by atoms with E-state index >= 15 is 0 Å². The third kappa shape index (κ3) is 4.93. The van der Waals surface area contributed by atoms with Crippen molar-refractivity contribution < 1.29 is 22.7 Å². The van der Waals surface area contributed by atoms with Crippen LogP contribution in [0.3, 0.4) is 0 Å². The van der Waals surface area contributed by atoms with Crippen LogP contribution in [-0.2, 0) is 14.8 Å². The fourth-order valence-corrected chi connectivity index (χ4v) is 5.16. The summed E-state index contributed by atoms with van der Waals surface area (Å²) < 4.78 is 36.5. The van der Waals surface area contributed by atoms with Gasteiger partial charge in [-0.3, -0.25) is 0 Å². The van der Waals surface area contributed by atoms with Gasteiger partial charge in [0, 0.05) is 17.2 Å². The standard InChI is InChI=1S/C24H24N4O5S2/c1-2-32-23(29)19-14-34-24(26-19)28-21(16-6-4-3-5-7-16)22(20(27-28)15-8-9-15)33-17-10-12-18(13-11-17)35(25,30)31/h3-6,10-16H,2,7-9H2,1H3,(H2,25,30,31). The molecule has 2 heterocycles. The Balaban J connectivity index is 1.59. The molecule has 2 aliphatic rings. The van der Waals surface area contributed by atoms with Crippen LogP contribution in [0.1, 0.15) is 59.9 Å². The number of esters is 1. The molecule has 3 aromatic rings. The van der Waals surface area contributed by atoms with Crippen LogP contribution < -0.4 is 9.88 Å². The van der Waals surface area contributed by atoms with Crippen LogP contribution in [-0.4, -0.2) is 35.8 Å². The number of ether oxygens (including phenoxy) is 2. The second-order valence-corrected chi connectivity index (χ2v) is 10.7. The lowest BCUT2D eigenvalue weighted by Crippen LogP contribution is -2.11. The van der Waals surface area contributed by atoms with E-state index in [9.17, 15) is 13.2 Å². The van der Waals surface area contributed by atoms with Gasteiger partial charge in [0.05, 0.1) is 17.2 Å². The Labute approximate surface area is 206 Å². The third-order valence-corrected chi connectivity index (χ3v) is 7.47. The molecule has 5 rings (SSSR count). The van der Waals surface area contributed by atoms with Crippen LogP contribution in [0, 0.1) is 0 Å². The number of nitrogens with two attached hydrogens (primary N) is 1. The molecule has 11 heteroatoms. The lowest BCUT2D eigenvalue weighted by atomic mass is 9.96. The Hall–Kier alpha value is -3.28. The van der Waals surface area contributed by atoms with Crippen molar-refractivity contribution in [3.8, 4) is 16.6 Å². The average molecular weight is 513 g/mol. The summed E-state index contributed by atoms with van der Waals surface area (Å²) in [6, 6.07) is 6.00. The highest BCUT2D eigenvalue weighted by Crippen LogP contribution is 2.49. The molecule has 0 spiro atoms. The van der Waals surface area contributed by atoms with E-state index in [-0.39, 0.29) is 29.0 Å². The van der Waals surface area contributed by atoms with Crippen LogP contribution in [0.15, 0.2) is 58.8 Å². The predicted molar refractivity (Wildman–Crippen MR) is 131 cm³/mol. The molecular weight excluding hydrogens is 488 g/mol. The van der Waals surface area contributed by atoms with Gasteiger partial charge in [-0.1, -0.05) is 24.3 Å². The van der Waals surface area contributed by atoms with Crippen molar-refractivity contribution in [3.05, 3.63) is 71.0 Å². The molecule has 0 bridgehead atoms. The lowest BCUT2D eigenvalue weighted by molar-refractivity contribution is 0.0520. The maximum Gasteiger partial charge on any atom is 0.357 e. The van der Waals surface area contributed by atoms with Gasteiger partial charge in [-0.15, -0.1) is 11.3 Å². The number of thiazole rings is 1. The van der Waals surface area contributed by atoms with Crippen molar-refractivity contribution in [1.29, 1.82) is 0 Å². The van der Waals surface area contributed by atoms with Crippen LogP contribution >= 0.6 is 11.3 Å². The summed E-state index contributed by atoms with van der Waals surface area (Å²) in [4.78, 5) is 16.7. The second-order valence-electron chi connectivity index (χ2n) is 8.30. The summed E-state index contributed by atoms with van der Waals surface area (Å²) >= 11 is 1.31. The molecule has 0 radical (unpaired) electrons. The Kier molecular flexibility index (Phi) is 6.30. The number of carbonyl (C=O) groups excluding carboxylic acids is 1. The summed E-state index contributed by atoms with van der Waals surface area (Å²) in [7, 11) is -3.80. The Bertz CT molecular complexity index is 1420. The normalized spacial score (nSPS) is 17.5. The highest BCUT2D eigenvalue weighted by Gasteiger charge is 2.36. The molecule has 1 atom stereocenters. The Morgan fingerprint density at radius 2 is 2.00 bits per heavy atom. The van der Waals surface area contributed by atoms with E-state index in [0.29, 0.717) is 16.6 Å². The Morgan fingerprint density at radius 1 is 1.23 bits per heavy atom. The van der Waals surface area contributed by atoms with Gasteiger partial charge in [-0.05, 0) is 50.5 Å². The zero-order chi connectivity index (χ0) is 24.6. The van der Waals surface area contributed by atoms with Gasteiger partial charge in [-0.2, -0.15) is 5.10 Å². The zero-order valence-corrected chi connectivity index (χ0v) is 20.6. The molecule has 2 N–H and O–H groups in total. The van der Waals surface area contributed by atoms with Crippen molar-refractivity contribution in [1.82, 2.24) is 14.8 Å². The fourth-order valence-electron chi connectivity index (χ4n) is 3.89. The predicted octanol–water partition coefficient (Wildman–Crippen LogP) is 4.42. The first-order valence-electron chi connectivity index (χ1n) is 11.2. The van der Waals surface area contributed by atoms with Gasteiger partial charge < -0.3 is 9.47 Å². The van der Waals surface area contributed by atoms with E-state index in [1.807, 2.05) is 12.2 Å². The van der Waals surface area contributed by atoms with Crippen molar-refractivity contribution in [2.45, 2.75) is 42.9 Å². The number of hydrogen-bond donors (Lipinski definition) is 1. The number of rotatable bonds is 8. The van der Waals surface area contributed by atoms with Gasteiger partial charge in [0.1, 0.15) is 11.4 Å². The number of carbonyl (C=O) groups is 1. The van der Waals surface area contributed by atoms with Crippen molar-refractivity contribution in [3.63, 3.8) is 0 Å². The second kappa shape index (κ2) is 9.40. The minimum absolute atomic E-state index is 0.0119. The molecule has 1 unspecified atom stereocenters. The molecule has 35 heavy (non-hydrogen) atoms. The molecule has 9 nitrogen and oxygen atoms in total. The van der Waals surface area contributed by atoms with Gasteiger partial charge >= 0.3 is 5.97 Å². The molecule has 1 aromatic carbocycles. The molecule has 0 saturated heterocycles. The van der Waals surface area contributed by atoms with E-state index in [0.717, 1.165) is 30.7 Å². The lowest BCUT2D eigenvalue weighted by Gasteiger charge is -2.17. The third-order valence-electron chi connectivity index (χ3n) is 5.73. The molecule has 2 aliphatic carbocycles. The zero-order valence-electron chi connectivity index (χ0n) is 19.0. The number of allylic oxidation sites excluding steroid dienone is 4. The van der Waals surface area contributed by atoms with Gasteiger partial charge in [0.2, 0.25) is 15.2 Å². The number of primary sulfonamides is 1. The van der Waals surface area contributed by atoms with E-state index in [1.54, 1.807) is 29.1 Å². The SMILES string of the molecule is CCOC(=O)c1csc(-n2nc(C3CC3)c(Oc3ccc(S(N)(=O)=O)cc3)c2C2C=CC=CC2)n1. The highest BCUT2D eigenvalue weighted by molar-refractivity contribution is 7.89. The van der Waals surface area contributed by atoms with Gasteiger partial charge in [0.25, 0.3) is 0 Å². The maximum absolute atomic E-state index is 12.2. The topological polar surface area (TPSA) is 126 Å². The summed E-state index contributed by atoms with van der Waals surface area (Å²) in [5, 5.41) is 12.3. The summed E-state index contributed by atoms with van der Waals surface area (Å²) in [6.07, 6.45) is 10.9. The number of sulfonamides is 1. The van der Waals surface area contributed by atoms with Crippen LogP contribution in [0.2, 0.25) is 0 Å². The number of hydrogen-bond acceptors (Lipinski definition) is 8. The van der Waals surface area contributed by atoms with Gasteiger partial charge in [0.15, 0.2) is 11.4 Å². The van der Waals surface area contributed by atoms with Gasteiger partial charge in [-0.25, -0.2) is 28.0 Å². The molecule has 1 fully saturated rings. The number of nitrogens with zero attached hydrogens (tertiary/aromatic N) is 3. The maximum atomic E-state index is 12.2. The van der Waals surface area contributed by atoms with Crippen molar-refractivity contribution in [2.24, 2.45) is 5.14 Å². The molecular formula is C24H24N4O5S2. The molecule has 2 aromatic heterocycles. The smallest absolute Gasteiger partial charge is 0.357 e. The van der Waals surface area contributed by atoms with E-state index in [1.165, 1.54) is 23.5 Å². The Morgan fingerprint density at radius 3 is 2.63 bits per heavy atom. The highest BCUT2D eigenvalue weighted by atomic mass is 32.2. The van der Waals surface area contributed by atoms with Crippen molar-refractivity contribution >= 4 is 27.3 Å². The average Bonchev–Trinajstić information content (AvgIpc) is 3.44. The number of benzene rings is 1.